The summed E-state index contributed by atoms with van der Waals surface area (Å²) in [6.45, 7) is 7.65. The summed E-state index contributed by atoms with van der Waals surface area (Å²) in [5.41, 5.74) is 0. The van der Waals surface area contributed by atoms with Crippen LogP contribution < -0.4 is 4.72 Å². The average Bonchev–Trinajstić information content (AvgIpc) is 2.70. The highest BCUT2D eigenvalue weighted by atomic mass is 35.5. The van der Waals surface area contributed by atoms with Crippen molar-refractivity contribution >= 4 is 27.5 Å². The van der Waals surface area contributed by atoms with E-state index in [2.05, 4.69) is 23.5 Å². The lowest BCUT2D eigenvalue weighted by molar-refractivity contribution is -0.138. The zero-order valence-electron chi connectivity index (χ0n) is 16.9. The predicted octanol–water partition coefficient (Wildman–Crippen LogP) is 2.87. The highest BCUT2D eigenvalue weighted by Gasteiger charge is 2.33. The highest BCUT2D eigenvalue weighted by Crippen LogP contribution is 2.28. The smallest absolute Gasteiger partial charge is 0.240 e. The van der Waals surface area contributed by atoms with Crippen LogP contribution in [0.15, 0.2) is 23.1 Å². The van der Waals surface area contributed by atoms with Crippen molar-refractivity contribution in [2.75, 3.05) is 26.2 Å². The Morgan fingerprint density at radius 3 is 2.31 bits per heavy atom. The second-order valence-corrected chi connectivity index (χ2v) is 10.3. The molecule has 9 heteroatoms. The Morgan fingerprint density at radius 1 is 1.14 bits per heavy atom. The number of sulfonamides is 1. The van der Waals surface area contributed by atoms with E-state index in [0.717, 1.165) is 38.3 Å². The third-order valence-electron chi connectivity index (χ3n) is 5.96. The van der Waals surface area contributed by atoms with Gasteiger partial charge in [-0.3, -0.25) is 9.69 Å². The molecule has 29 heavy (non-hydrogen) atoms. The molecular formula is C20H29ClFN3O3S. The van der Waals surface area contributed by atoms with Crippen molar-refractivity contribution in [1.29, 1.82) is 0 Å². The van der Waals surface area contributed by atoms with Crippen LogP contribution in [0.3, 0.4) is 0 Å². The number of halogens is 2. The van der Waals surface area contributed by atoms with Crippen molar-refractivity contribution in [3.63, 3.8) is 0 Å². The number of piperazine rings is 1. The van der Waals surface area contributed by atoms with Crippen LogP contribution in [0.2, 0.25) is 5.02 Å². The molecule has 1 N–H and O–H groups in total. The van der Waals surface area contributed by atoms with Crippen LogP contribution in [-0.4, -0.2) is 62.4 Å². The van der Waals surface area contributed by atoms with Crippen LogP contribution in [0.4, 0.5) is 4.39 Å². The predicted molar refractivity (Wildman–Crippen MR) is 111 cm³/mol. The maximum atomic E-state index is 13.3. The molecule has 1 aliphatic heterocycles. The minimum Gasteiger partial charge on any atom is -0.340 e. The maximum absolute atomic E-state index is 13.3. The Balaban J connectivity index is 1.51. The van der Waals surface area contributed by atoms with Gasteiger partial charge in [-0.2, -0.15) is 0 Å². The Bertz CT molecular complexity index is 833. The summed E-state index contributed by atoms with van der Waals surface area (Å²) in [6, 6.07) is 3.63. The summed E-state index contributed by atoms with van der Waals surface area (Å²) in [4.78, 5) is 17.1. The molecule has 1 saturated carbocycles. The van der Waals surface area contributed by atoms with Crippen LogP contribution in [0.5, 0.6) is 0 Å². The fourth-order valence-electron chi connectivity index (χ4n) is 4.11. The highest BCUT2D eigenvalue weighted by molar-refractivity contribution is 7.89. The molecule has 1 saturated heterocycles. The molecule has 1 heterocycles. The average molecular weight is 446 g/mol. The van der Waals surface area contributed by atoms with Gasteiger partial charge >= 0.3 is 0 Å². The van der Waals surface area contributed by atoms with Crippen molar-refractivity contribution in [1.82, 2.24) is 14.5 Å². The SMILES string of the molecule is CC(C)N1CCN(C(=O)C2CCC(NS(=O)(=O)c3ccc(F)c(Cl)c3)CC2)CC1. The molecule has 2 aliphatic rings. The number of carbonyl (C=O) groups is 1. The van der Waals surface area contributed by atoms with E-state index in [4.69, 9.17) is 11.6 Å². The van der Waals surface area contributed by atoms with Crippen molar-refractivity contribution in [2.24, 2.45) is 5.92 Å². The normalized spacial score (nSPS) is 24.1. The molecule has 0 spiro atoms. The Kier molecular flexibility index (Phi) is 7.19. The number of hydrogen-bond donors (Lipinski definition) is 1. The number of hydrogen-bond acceptors (Lipinski definition) is 4. The minimum absolute atomic E-state index is 0.0402. The molecule has 0 bridgehead atoms. The van der Waals surface area contributed by atoms with Gasteiger partial charge in [0.25, 0.3) is 0 Å². The van der Waals surface area contributed by atoms with Gasteiger partial charge in [0.2, 0.25) is 15.9 Å². The lowest BCUT2D eigenvalue weighted by Crippen LogP contribution is -2.52. The number of benzene rings is 1. The fraction of sp³-hybridized carbons (Fsp3) is 0.650. The van der Waals surface area contributed by atoms with Gasteiger partial charge < -0.3 is 4.90 Å². The third kappa shape index (κ3) is 5.48. The van der Waals surface area contributed by atoms with Gasteiger partial charge in [0, 0.05) is 44.2 Å². The summed E-state index contributed by atoms with van der Waals surface area (Å²) in [5.74, 6) is -0.500. The van der Waals surface area contributed by atoms with E-state index in [1.807, 2.05) is 4.90 Å². The van der Waals surface area contributed by atoms with Gasteiger partial charge in [-0.05, 0) is 57.7 Å². The number of nitrogens with zero attached hydrogens (tertiary/aromatic N) is 2. The lowest BCUT2D eigenvalue weighted by atomic mass is 9.85. The Morgan fingerprint density at radius 2 is 1.76 bits per heavy atom. The minimum atomic E-state index is -3.77. The first-order valence-corrected chi connectivity index (χ1v) is 12.0. The van der Waals surface area contributed by atoms with Crippen molar-refractivity contribution in [3.8, 4) is 0 Å². The number of amides is 1. The first-order valence-electron chi connectivity index (χ1n) is 10.2. The Labute approximate surface area is 177 Å². The number of nitrogens with one attached hydrogen (secondary N) is 1. The largest absolute Gasteiger partial charge is 0.340 e. The number of carbonyl (C=O) groups excluding carboxylic acids is 1. The quantitative estimate of drug-likeness (QED) is 0.756. The van der Waals surface area contributed by atoms with E-state index in [-0.39, 0.29) is 27.8 Å². The first kappa shape index (κ1) is 22.5. The van der Waals surface area contributed by atoms with Gasteiger partial charge in [-0.25, -0.2) is 17.5 Å². The molecular weight excluding hydrogens is 417 g/mol. The molecule has 1 aromatic rings. The molecule has 0 aromatic heterocycles. The van der Waals surface area contributed by atoms with E-state index in [1.54, 1.807) is 0 Å². The van der Waals surface area contributed by atoms with Gasteiger partial charge in [-0.1, -0.05) is 11.6 Å². The molecule has 1 amide bonds. The van der Waals surface area contributed by atoms with E-state index in [1.165, 1.54) is 6.07 Å². The monoisotopic (exact) mass is 445 g/mol. The standard InChI is InChI=1S/C20H29ClFN3O3S/c1-14(2)24-9-11-25(12-10-24)20(26)15-3-5-16(6-4-15)23-29(27,28)17-7-8-19(22)18(21)13-17/h7-8,13-16,23H,3-6,9-12H2,1-2H3. The van der Waals surface area contributed by atoms with Crippen LogP contribution in [0.1, 0.15) is 39.5 Å². The van der Waals surface area contributed by atoms with Crippen LogP contribution in [-0.2, 0) is 14.8 Å². The van der Waals surface area contributed by atoms with Crippen LogP contribution in [0.25, 0.3) is 0 Å². The molecule has 0 radical (unpaired) electrons. The third-order valence-corrected chi connectivity index (χ3v) is 7.76. The molecule has 2 fully saturated rings. The maximum Gasteiger partial charge on any atom is 0.240 e. The summed E-state index contributed by atoms with van der Waals surface area (Å²) in [6.07, 6.45) is 2.55. The van der Waals surface area contributed by atoms with E-state index in [9.17, 15) is 17.6 Å². The molecule has 1 aromatic carbocycles. The summed E-state index contributed by atoms with van der Waals surface area (Å²) >= 11 is 5.70. The summed E-state index contributed by atoms with van der Waals surface area (Å²) in [7, 11) is -3.77. The van der Waals surface area contributed by atoms with E-state index >= 15 is 0 Å². The van der Waals surface area contributed by atoms with Gasteiger partial charge in [0.1, 0.15) is 5.82 Å². The number of rotatable bonds is 5. The fourth-order valence-corrected chi connectivity index (χ4v) is 5.68. The van der Waals surface area contributed by atoms with Crippen LogP contribution in [0, 0.1) is 11.7 Å². The van der Waals surface area contributed by atoms with Gasteiger partial charge in [-0.15, -0.1) is 0 Å². The lowest BCUT2D eigenvalue weighted by Gasteiger charge is -2.39. The molecule has 0 atom stereocenters. The zero-order valence-corrected chi connectivity index (χ0v) is 18.5. The molecule has 1 aliphatic carbocycles. The van der Waals surface area contributed by atoms with Crippen molar-refractivity contribution < 1.29 is 17.6 Å². The van der Waals surface area contributed by atoms with E-state index < -0.39 is 15.8 Å². The second kappa shape index (κ2) is 9.29. The van der Waals surface area contributed by atoms with Crippen LogP contribution >= 0.6 is 11.6 Å². The van der Waals surface area contributed by atoms with E-state index in [0.29, 0.717) is 31.7 Å². The topological polar surface area (TPSA) is 69.7 Å². The summed E-state index contributed by atoms with van der Waals surface area (Å²) < 4.78 is 41.0. The second-order valence-electron chi connectivity index (χ2n) is 8.20. The van der Waals surface area contributed by atoms with Gasteiger partial charge in [0.05, 0.1) is 9.92 Å². The van der Waals surface area contributed by atoms with Crippen molar-refractivity contribution in [2.45, 2.75) is 56.5 Å². The molecule has 0 unspecified atom stereocenters. The first-order chi connectivity index (χ1) is 13.7. The molecule has 3 rings (SSSR count). The Hall–Kier alpha value is -1.22. The van der Waals surface area contributed by atoms with Crippen molar-refractivity contribution in [3.05, 3.63) is 29.0 Å². The zero-order chi connectivity index (χ0) is 21.2. The molecule has 162 valence electrons. The summed E-state index contributed by atoms with van der Waals surface area (Å²) in [5, 5.41) is -0.222. The molecule has 6 nitrogen and oxygen atoms in total. The van der Waals surface area contributed by atoms with Gasteiger partial charge in [0.15, 0.2) is 0 Å².